The maximum atomic E-state index is 9.12. The van der Waals surface area contributed by atoms with E-state index in [1.807, 2.05) is 24.3 Å². The van der Waals surface area contributed by atoms with E-state index in [2.05, 4.69) is 45.7 Å². The molecule has 0 heterocycles. The lowest BCUT2D eigenvalue weighted by molar-refractivity contribution is 0.108. The minimum Gasteiger partial charge on any atom is -0.508 e. The predicted octanol–water partition coefficient (Wildman–Crippen LogP) is 9.53. The fraction of sp³-hybridized carbons (Fsp3) is 0.586. The second kappa shape index (κ2) is 17.4. The summed E-state index contributed by atoms with van der Waals surface area (Å²) in [7, 11) is 0. The van der Waals surface area contributed by atoms with Crippen LogP contribution in [-0.4, -0.2) is 22.4 Å². The number of rotatable bonds is 4. The molecule has 4 rings (SSSR count). The van der Waals surface area contributed by atoms with E-state index in [0.717, 1.165) is 39.4 Å². The average molecular weight is 600 g/mol. The first-order chi connectivity index (χ1) is 15.9. The van der Waals surface area contributed by atoms with Crippen molar-refractivity contribution >= 4 is 31.9 Å². The normalized spacial score (nSPS) is 23.8. The van der Waals surface area contributed by atoms with Crippen LogP contribution in [0.3, 0.4) is 0 Å². The van der Waals surface area contributed by atoms with Gasteiger partial charge in [-0.1, -0.05) is 66.0 Å². The number of aliphatic hydroxyl groups excluding tert-OH is 1. The summed E-state index contributed by atoms with van der Waals surface area (Å²) in [5, 5.41) is 17.9. The highest BCUT2D eigenvalue weighted by Gasteiger charge is 2.21. The van der Waals surface area contributed by atoms with Gasteiger partial charge in [-0.3, -0.25) is 0 Å². The molecule has 0 spiro atoms. The summed E-state index contributed by atoms with van der Waals surface area (Å²) < 4.78 is 8.07. The fourth-order valence-electron chi connectivity index (χ4n) is 4.36. The summed E-state index contributed by atoms with van der Waals surface area (Å²) >= 11 is 6.67. The molecule has 2 N–H and O–H groups in total. The van der Waals surface area contributed by atoms with Crippen molar-refractivity contribution in [1.29, 1.82) is 0 Å². The van der Waals surface area contributed by atoms with Crippen molar-refractivity contribution in [2.24, 2.45) is 11.8 Å². The Morgan fingerprint density at radius 1 is 0.706 bits per heavy atom. The molecule has 34 heavy (non-hydrogen) atoms. The molecule has 5 heteroatoms. The van der Waals surface area contributed by atoms with Gasteiger partial charge in [0.2, 0.25) is 0 Å². The first kappa shape index (κ1) is 31.0. The Balaban J connectivity index is 0.000000274. The van der Waals surface area contributed by atoms with Gasteiger partial charge in [0, 0.05) is 8.95 Å². The van der Waals surface area contributed by atoms with Crippen molar-refractivity contribution in [1.82, 2.24) is 0 Å². The van der Waals surface area contributed by atoms with E-state index >= 15 is 0 Å². The molecule has 0 aromatic heterocycles. The van der Waals surface area contributed by atoms with Gasteiger partial charge in [-0.25, -0.2) is 0 Å². The molecule has 2 aromatic rings. The topological polar surface area (TPSA) is 49.7 Å². The van der Waals surface area contributed by atoms with Crippen LogP contribution in [0.1, 0.15) is 85.5 Å². The molecular formula is C29H44Br2O3. The van der Waals surface area contributed by atoms with Gasteiger partial charge in [0.25, 0.3) is 0 Å². The molecule has 2 aliphatic carbocycles. The van der Waals surface area contributed by atoms with Crippen molar-refractivity contribution in [3.8, 4) is 11.5 Å². The van der Waals surface area contributed by atoms with Gasteiger partial charge in [-0.05, 0) is 112 Å². The highest BCUT2D eigenvalue weighted by atomic mass is 79.9. The maximum absolute atomic E-state index is 9.12. The summed E-state index contributed by atoms with van der Waals surface area (Å²) in [6.45, 7) is 4.53. The predicted molar refractivity (Wildman–Crippen MR) is 152 cm³/mol. The number of hydrogen-bond donors (Lipinski definition) is 2. The highest BCUT2D eigenvalue weighted by molar-refractivity contribution is 9.10. The largest absolute Gasteiger partial charge is 0.508 e. The summed E-state index contributed by atoms with van der Waals surface area (Å²) in [5.41, 5.74) is 0. The third kappa shape index (κ3) is 12.6. The van der Waals surface area contributed by atoms with Gasteiger partial charge >= 0.3 is 0 Å². The Morgan fingerprint density at radius 2 is 1.12 bits per heavy atom. The van der Waals surface area contributed by atoms with Crippen molar-refractivity contribution < 1.29 is 14.9 Å². The van der Waals surface area contributed by atoms with E-state index in [1.54, 1.807) is 24.3 Å². The van der Waals surface area contributed by atoms with Crippen molar-refractivity contribution in [2.45, 2.75) is 97.7 Å². The molecule has 0 atom stereocenters. The number of aromatic hydroxyl groups is 1. The molecule has 0 radical (unpaired) electrons. The lowest BCUT2D eigenvalue weighted by Gasteiger charge is -2.28. The molecule has 0 saturated heterocycles. The van der Waals surface area contributed by atoms with Crippen LogP contribution in [0.15, 0.2) is 57.5 Å². The zero-order valence-corrected chi connectivity index (χ0v) is 23.2. The minimum atomic E-state index is 0. The second-order valence-corrected chi connectivity index (χ2v) is 11.0. The number of phenols is 1. The molecule has 0 amide bonds. The average Bonchev–Trinajstić information content (AvgIpc) is 2.84. The standard InChI is InChI=1S/C14H19BrO.C8H16O.C6H5BrO.CH4/c1-2-11-3-7-13(8-4-11)16-14-9-5-12(15)6-10-14;1-2-7-3-5-8(9)6-4-7;7-5-1-3-6(8)4-2-5;/h5-6,9-11,13H,2-4,7-8H2,1H3;7-9H,2-6H2,1H3;1-4,8H;1H4. The molecule has 0 unspecified atom stereocenters. The number of ether oxygens (including phenoxy) is 1. The van der Waals surface area contributed by atoms with Crippen LogP contribution in [0.5, 0.6) is 11.5 Å². The highest BCUT2D eigenvalue weighted by Crippen LogP contribution is 2.29. The molecule has 2 fully saturated rings. The van der Waals surface area contributed by atoms with Gasteiger partial charge in [0.1, 0.15) is 11.5 Å². The van der Waals surface area contributed by atoms with E-state index in [4.69, 9.17) is 14.9 Å². The van der Waals surface area contributed by atoms with E-state index in [0.29, 0.717) is 11.9 Å². The van der Waals surface area contributed by atoms with Crippen LogP contribution in [0, 0.1) is 11.8 Å². The smallest absolute Gasteiger partial charge is 0.119 e. The lowest BCUT2D eigenvalue weighted by Crippen LogP contribution is -2.23. The van der Waals surface area contributed by atoms with Gasteiger partial charge in [-0.15, -0.1) is 0 Å². The molecule has 2 aromatic carbocycles. The molecule has 0 bridgehead atoms. The van der Waals surface area contributed by atoms with Crippen LogP contribution in [-0.2, 0) is 0 Å². The Morgan fingerprint density at radius 3 is 1.53 bits per heavy atom. The molecule has 0 aliphatic heterocycles. The van der Waals surface area contributed by atoms with Crippen molar-refractivity contribution in [3.05, 3.63) is 57.5 Å². The Kier molecular flexibility index (Phi) is 15.9. The Bertz CT molecular complexity index is 727. The summed E-state index contributed by atoms with van der Waals surface area (Å²) in [6.07, 6.45) is 12.7. The summed E-state index contributed by atoms with van der Waals surface area (Å²) in [5.74, 6) is 3.15. The van der Waals surface area contributed by atoms with Crippen molar-refractivity contribution in [3.63, 3.8) is 0 Å². The Hall–Kier alpha value is -1.04. The van der Waals surface area contributed by atoms with E-state index in [9.17, 15) is 0 Å². The minimum absolute atomic E-state index is 0. The molecule has 192 valence electrons. The number of benzene rings is 2. The van der Waals surface area contributed by atoms with Gasteiger partial charge in [0.05, 0.1) is 12.2 Å². The van der Waals surface area contributed by atoms with Crippen LogP contribution >= 0.6 is 31.9 Å². The monoisotopic (exact) mass is 598 g/mol. The maximum Gasteiger partial charge on any atom is 0.119 e. The van der Waals surface area contributed by atoms with Gasteiger partial charge in [0.15, 0.2) is 0 Å². The van der Waals surface area contributed by atoms with Crippen molar-refractivity contribution in [2.75, 3.05) is 0 Å². The first-order valence-electron chi connectivity index (χ1n) is 12.4. The molecule has 2 aliphatic rings. The van der Waals surface area contributed by atoms with Gasteiger partial charge < -0.3 is 14.9 Å². The number of aliphatic hydroxyl groups is 1. The SMILES string of the molecule is C.CCC1CCC(O)CC1.CCC1CCC(Oc2ccc(Br)cc2)CC1.Oc1ccc(Br)cc1. The zero-order valence-electron chi connectivity index (χ0n) is 20.1. The van der Waals surface area contributed by atoms with E-state index < -0.39 is 0 Å². The molecular weight excluding hydrogens is 556 g/mol. The zero-order chi connectivity index (χ0) is 24.1. The van der Waals surface area contributed by atoms with Crippen LogP contribution in [0.4, 0.5) is 0 Å². The summed E-state index contributed by atoms with van der Waals surface area (Å²) in [4.78, 5) is 0. The first-order valence-corrected chi connectivity index (χ1v) is 14.0. The Labute approximate surface area is 224 Å². The lowest BCUT2D eigenvalue weighted by atomic mass is 9.86. The molecule has 2 saturated carbocycles. The number of hydrogen-bond acceptors (Lipinski definition) is 3. The van der Waals surface area contributed by atoms with Crippen LogP contribution in [0.25, 0.3) is 0 Å². The quantitative estimate of drug-likeness (QED) is 0.368. The fourth-order valence-corrected chi connectivity index (χ4v) is 4.89. The summed E-state index contributed by atoms with van der Waals surface area (Å²) in [6, 6.07) is 15.0. The van der Waals surface area contributed by atoms with Crippen LogP contribution < -0.4 is 4.74 Å². The van der Waals surface area contributed by atoms with E-state index in [-0.39, 0.29) is 13.5 Å². The van der Waals surface area contributed by atoms with Crippen LogP contribution in [0.2, 0.25) is 0 Å². The number of phenolic OH excluding ortho intramolecular Hbond substituents is 1. The third-order valence-corrected chi connectivity index (χ3v) is 7.77. The third-order valence-electron chi connectivity index (χ3n) is 6.71. The molecule has 3 nitrogen and oxygen atoms in total. The van der Waals surface area contributed by atoms with Gasteiger partial charge in [-0.2, -0.15) is 0 Å². The number of halogens is 2. The van der Waals surface area contributed by atoms with E-state index in [1.165, 1.54) is 51.4 Å². The second-order valence-electron chi connectivity index (χ2n) is 9.18.